The van der Waals surface area contributed by atoms with Crippen LogP contribution in [0.5, 0.6) is 0 Å². The monoisotopic (exact) mass is 227 g/mol. The summed E-state index contributed by atoms with van der Waals surface area (Å²) in [5.41, 5.74) is -0.00558. The lowest BCUT2D eigenvalue weighted by atomic mass is 9.86. The molecule has 1 saturated carbocycles. The van der Waals surface area contributed by atoms with Gasteiger partial charge in [0.1, 0.15) is 0 Å². The van der Waals surface area contributed by atoms with E-state index in [-0.39, 0.29) is 5.60 Å². The van der Waals surface area contributed by atoms with Crippen molar-refractivity contribution in [3.8, 4) is 0 Å². The summed E-state index contributed by atoms with van der Waals surface area (Å²) in [6, 6.07) is 1.28. The zero-order valence-electron chi connectivity index (χ0n) is 11.7. The maximum Gasteiger partial charge on any atom is 0.0637 e. The average molecular weight is 227 g/mol. The van der Waals surface area contributed by atoms with Gasteiger partial charge in [-0.15, -0.1) is 0 Å². The second kappa shape index (κ2) is 6.02. The highest BCUT2D eigenvalue weighted by atomic mass is 16.5. The number of ether oxygens (including phenoxy) is 1. The van der Waals surface area contributed by atoms with Crippen LogP contribution in [0.2, 0.25) is 0 Å². The number of methoxy groups -OCH3 is 1. The van der Waals surface area contributed by atoms with Crippen LogP contribution in [-0.4, -0.2) is 24.8 Å². The molecular weight excluding hydrogens is 198 g/mol. The van der Waals surface area contributed by atoms with E-state index in [4.69, 9.17) is 4.74 Å². The molecule has 0 heterocycles. The Kier molecular flexibility index (Phi) is 5.26. The Morgan fingerprint density at radius 3 is 2.31 bits per heavy atom. The molecule has 16 heavy (non-hydrogen) atoms. The van der Waals surface area contributed by atoms with Gasteiger partial charge in [0.2, 0.25) is 0 Å². The lowest BCUT2D eigenvalue weighted by molar-refractivity contribution is 0.00715. The van der Waals surface area contributed by atoms with Crippen molar-refractivity contribution in [2.24, 2.45) is 5.92 Å². The van der Waals surface area contributed by atoms with Crippen LogP contribution in [0.3, 0.4) is 0 Å². The van der Waals surface area contributed by atoms with Gasteiger partial charge < -0.3 is 10.1 Å². The van der Waals surface area contributed by atoms with Gasteiger partial charge in [0, 0.05) is 19.2 Å². The average Bonchev–Trinajstić information content (AvgIpc) is 2.21. The first-order valence-corrected chi connectivity index (χ1v) is 6.74. The Balaban J connectivity index is 2.26. The van der Waals surface area contributed by atoms with E-state index in [0.717, 1.165) is 18.4 Å². The molecule has 2 heteroatoms. The Morgan fingerprint density at radius 2 is 1.81 bits per heavy atom. The molecule has 0 aromatic rings. The molecule has 0 aliphatic heterocycles. The van der Waals surface area contributed by atoms with Crippen LogP contribution in [0.4, 0.5) is 0 Å². The molecule has 1 aliphatic carbocycles. The van der Waals surface area contributed by atoms with E-state index in [0.29, 0.717) is 6.04 Å². The molecule has 1 rings (SSSR count). The van der Waals surface area contributed by atoms with E-state index in [1.54, 1.807) is 7.11 Å². The second-order valence-corrected chi connectivity index (χ2v) is 6.19. The Bertz CT molecular complexity index is 195. The zero-order valence-corrected chi connectivity index (χ0v) is 11.7. The van der Waals surface area contributed by atoms with Gasteiger partial charge >= 0.3 is 0 Å². The van der Waals surface area contributed by atoms with E-state index < -0.39 is 0 Å². The summed E-state index contributed by atoms with van der Waals surface area (Å²) < 4.78 is 5.47. The van der Waals surface area contributed by atoms with Crippen LogP contribution >= 0.6 is 0 Å². The lowest BCUT2D eigenvalue weighted by Gasteiger charge is -2.33. The number of rotatable bonds is 5. The van der Waals surface area contributed by atoms with Gasteiger partial charge in [-0.2, -0.15) is 0 Å². The quantitative estimate of drug-likeness (QED) is 0.777. The second-order valence-electron chi connectivity index (χ2n) is 6.19. The van der Waals surface area contributed by atoms with Crippen LogP contribution in [0.25, 0.3) is 0 Å². The summed E-state index contributed by atoms with van der Waals surface area (Å²) in [6.07, 6.45) is 6.55. The van der Waals surface area contributed by atoms with E-state index in [1.807, 2.05) is 0 Å². The molecule has 96 valence electrons. The third kappa shape index (κ3) is 4.84. The minimum absolute atomic E-state index is 0.00558. The van der Waals surface area contributed by atoms with Gasteiger partial charge in [-0.25, -0.2) is 0 Å². The molecule has 0 aromatic heterocycles. The molecule has 1 fully saturated rings. The molecule has 2 nitrogen and oxygen atoms in total. The fourth-order valence-corrected chi connectivity index (χ4v) is 2.71. The molecule has 1 aliphatic rings. The van der Waals surface area contributed by atoms with Crippen LogP contribution in [-0.2, 0) is 4.74 Å². The van der Waals surface area contributed by atoms with Gasteiger partial charge in [-0.05, 0) is 58.8 Å². The minimum atomic E-state index is -0.00558. The van der Waals surface area contributed by atoms with Gasteiger partial charge in [-0.1, -0.05) is 6.92 Å². The van der Waals surface area contributed by atoms with E-state index >= 15 is 0 Å². The molecule has 1 N–H and O–H groups in total. The molecule has 0 spiro atoms. The van der Waals surface area contributed by atoms with Crippen molar-refractivity contribution in [3.05, 3.63) is 0 Å². The summed E-state index contributed by atoms with van der Waals surface area (Å²) in [6.45, 7) is 8.97. The molecule has 0 radical (unpaired) electrons. The van der Waals surface area contributed by atoms with Crippen molar-refractivity contribution in [1.82, 2.24) is 5.32 Å². The normalized spacial score (nSPS) is 29.1. The predicted octanol–water partition coefficient (Wildman–Crippen LogP) is 3.36. The first-order valence-electron chi connectivity index (χ1n) is 6.74. The topological polar surface area (TPSA) is 21.3 Å². The SMILES string of the molecule is COC(C)(C)CC(C)NC1CCC(C)CC1. The third-order valence-electron chi connectivity index (χ3n) is 3.89. The highest BCUT2D eigenvalue weighted by molar-refractivity contribution is 4.81. The van der Waals surface area contributed by atoms with Gasteiger partial charge in [0.05, 0.1) is 5.60 Å². The molecular formula is C14H29NO. The third-order valence-corrected chi connectivity index (χ3v) is 3.89. The molecule has 0 aromatic carbocycles. The van der Waals surface area contributed by atoms with Crippen molar-refractivity contribution in [2.75, 3.05) is 7.11 Å². The summed E-state index contributed by atoms with van der Waals surface area (Å²) in [5.74, 6) is 0.934. The van der Waals surface area contributed by atoms with Gasteiger partial charge in [0.25, 0.3) is 0 Å². The van der Waals surface area contributed by atoms with Gasteiger partial charge in [0.15, 0.2) is 0 Å². The minimum Gasteiger partial charge on any atom is -0.379 e. The van der Waals surface area contributed by atoms with Crippen molar-refractivity contribution in [3.63, 3.8) is 0 Å². The van der Waals surface area contributed by atoms with Crippen LogP contribution in [0, 0.1) is 5.92 Å². The maximum absolute atomic E-state index is 5.47. The number of hydrogen-bond donors (Lipinski definition) is 1. The Hall–Kier alpha value is -0.0800. The van der Waals surface area contributed by atoms with Crippen LogP contribution in [0.15, 0.2) is 0 Å². The fourth-order valence-electron chi connectivity index (χ4n) is 2.71. The van der Waals surface area contributed by atoms with E-state index in [1.165, 1.54) is 25.7 Å². The standard InChI is InChI=1S/C14H29NO/c1-11-6-8-13(9-7-11)15-12(2)10-14(3,4)16-5/h11-13,15H,6-10H2,1-5H3. The summed E-state index contributed by atoms with van der Waals surface area (Å²) in [4.78, 5) is 0. The molecule has 1 atom stereocenters. The van der Waals surface area contributed by atoms with Crippen molar-refractivity contribution in [1.29, 1.82) is 0 Å². The maximum atomic E-state index is 5.47. The lowest BCUT2D eigenvalue weighted by Crippen LogP contribution is -2.42. The summed E-state index contributed by atoms with van der Waals surface area (Å²) in [7, 11) is 1.80. The molecule has 0 bridgehead atoms. The Labute approximate surface area is 101 Å². The van der Waals surface area contributed by atoms with Crippen molar-refractivity contribution in [2.45, 2.75) is 77.5 Å². The first-order chi connectivity index (χ1) is 7.43. The highest BCUT2D eigenvalue weighted by Crippen LogP contribution is 2.24. The van der Waals surface area contributed by atoms with E-state index in [2.05, 4.69) is 33.0 Å². The smallest absolute Gasteiger partial charge is 0.0637 e. The van der Waals surface area contributed by atoms with Gasteiger partial charge in [-0.3, -0.25) is 0 Å². The first kappa shape index (κ1) is 14.0. The molecule has 0 saturated heterocycles. The fraction of sp³-hybridized carbons (Fsp3) is 1.00. The predicted molar refractivity (Wildman–Crippen MR) is 69.7 cm³/mol. The molecule has 0 amide bonds. The van der Waals surface area contributed by atoms with Crippen LogP contribution in [0.1, 0.15) is 59.8 Å². The largest absolute Gasteiger partial charge is 0.379 e. The Morgan fingerprint density at radius 1 is 1.25 bits per heavy atom. The summed E-state index contributed by atoms with van der Waals surface area (Å²) >= 11 is 0. The zero-order chi connectivity index (χ0) is 12.2. The number of hydrogen-bond acceptors (Lipinski definition) is 2. The summed E-state index contributed by atoms with van der Waals surface area (Å²) in [5, 5.41) is 3.75. The van der Waals surface area contributed by atoms with E-state index in [9.17, 15) is 0 Å². The van der Waals surface area contributed by atoms with Crippen molar-refractivity contribution < 1.29 is 4.74 Å². The number of nitrogens with one attached hydrogen (secondary N) is 1. The van der Waals surface area contributed by atoms with Crippen molar-refractivity contribution >= 4 is 0 Å². The van der Waals surface area contributed by atoms with Crippen LogP contribution < -0.4 is 5.32 Å². The highest BCUT2D eigenvalue weighted by Gasteiger charge is 2.23. The molecule has 1 unspecified atom stereocenters.